The third-order valence-electron chi connectivity index (χ3n) is 2.92. The maximum Gasteiger partial charge on any atom is 0.224 e. The first-order chi connectivity index (χ1) is 7.39. The molecular formula is C13H20N2O. The number of hydrogen-bond donors (Lipinski definition) is 1. The highest BCUT2D eigenvalue weighted by Crippen LogP contribution is 2.28. The van der Waals surface area contributed by atoms with Crippen LogP contribution in [0.15, 0.2) is 24.5 Å². The molecule has 1 aromatic heterocycles. The van der Waals surface area contributed by atoms with E-state index in [0.29, 0.717) is 12.3 Å². The molecular weight excluding hydrogens is 200 g/mol. The van der Waals surface area contributed by atoms with Gasteiger partial charge in [-0.15, -0.1) is 0 Å². The van der Waals surface area contributed by atoms with E-state index in [1.54, 1.807) is 12.4 Å². The molecule has 1 amide bonds. The molecule has 0 aliphatic heterocycles. The number of carbonyl (C=O) groups excluding carboxylic acids is 1. The van der Waals surface area contributed by atoms with Crippen molar-refractivity contribution in [2.45, 2.75) is 34.1 Å². The number of aromatic nitrogens is 1. The Bertz CT molecular complexity index is 341. The maximum atomic E-state index is 11.7. The largest absolute Gasteiger partial charge is 0.325 e. The smallest absolute Gasteiger partial charge is 0.224 e. The van der Waals surface area contributed by atoms with Crippen LogP contribution in [0.5, 0.6) is 0 Å². The third kappa shape index (κ3) is 4.01. The molecule has 0 aliphatic carbocycles. The standard InChI is InChI=1S/C13H20N2O/c1-10(13(2,3)4)8-12(16)15-11-6-5-7-14-9-11/h5-7,9-10H,8H2,1-4H3,(H,15,16)/t10-/m0/s1. The molecule has 0 radical (unpaired) electrons. The summed E-state index contributed by atoms with van der Waals surface area (Å²) in [6.07, 6.45) is 3.88. The van der Waals surface area contributed by atoms with E-state index in [1.807, 2.05) is 12.1 Å². The molecule has 0 bridgehead atoms. The zero-order valence-electron chi connectivity index (χ0n) is 10.4. The SMILES string of the molecule is C[C@@H](CC(=O)Nc1cccnc1)C(C)(C)C. The highest BCUT2D eigenvalue weighted by Gasteiger charge is 2.22. The number of carbonyl (C=O) groups is 1. The fourth-order valence-electron chi connectivity index (χ4n) is 1.23. The summed E-state index contributed by atoms with van der Waals surface area (Å²) in [6, 6.07) is 3.65. The zero-order chi connectivity index (χ0) is 12.2. The van der Waals surface area contributed by atoms with Crippen LogP contribution in [-0.2, 0) is 4.79 Å². The minimum atomic E-state index is 0.0513. The second-order valence-corrected chi connectivity index (χ2v) is 5.26. The minimum Gasteiger partial charge on any atom is -0.325 e. The van der Waals surface area contributed by atoms with Gasteiger partial charge in [0.1, 0.15) is 0 Å². The van der Waals surface area contributed by atoms with Gasteiger partial charge in [0, 0.05) is 12.6 Å². The average Bonchev–Trinajstić information content (AvgIpc) is 2.17. The lowest BCUT2D eigenvalue weighted by atomic mass is 9.80. The van der Waals surface area contributed by atoms with Gasteiger partial charge < -0.3 is 5.32 Å². The highest BCUT2D eigenvalue weighted by molar-refractivity contribution is 5.90. The van der Waals surface area contributed by atoms with Gasteiger partial charge in [0.05, 0.1) is 11.9 Å². The van der Waals surface area contributed by atoms with Crippen LogP contribution in [0.1, 0.15) is 34.1 Å². The molecule has 1 atom stereocenters. The summed E-state index contributed by atoms with van der Waals surface area (Å²) in [6.45, 7) is 8.54. The van der Waals surface area contributed by atoms with Crippen molar-refractivity contribution < 1.29 is 4.79 Å². The van der Waals surface area contributed by atoms with Crippen molar-refractivity contribution in [3.8, 4) is 0 Å². The zero-order valence-corrected chi connectivity index (χ0v) is 10.4. The maximum absolute atomic E-state index is 11.7. The number of nitrogens with zero attached hydrogens (tertiary/aromatic N) is 1. The third-order valence-corrected chi connectivity index (χ3v) is 2.92. The Morgan fingerprint density at radius 3 is 2.69 bits per heavy atom. The Labute approximate surface area is 97.3 Å². The summed E-state index contributed by atoms with van der Waals surface area (Å²) in [5.74, 6) is 0.402. The molecule has 1 heterocycles. The normalized spacial score (nSPS) is 13.2. The summed E-state index contributed by atoms with van der Waals surface area (Å²) in [7, 11) is 0. The fraction of sp³-hybridized carbons (Fsp3) is 0.538. The van der Waals surface area contributed by atoms with Crippen molar-refractivity contribution in [1.82, 2.24) is 4.98 Å². The molecule has 1 N–H and O–H groups in total. The highest BCUT2D eigenvalue weighted by atomic mass is 16.1. The molecule has 0 fully saturated rings. The Morgan fingerprint density at radius 2 is 2.19 bits per heavy atom. The van der Waals surface area contributed by atoms with Crippen LogP contribution < -0.4 is 5.32 Å². The average molecular weight is 220 g/mol. The van der Waals surface area contributed by atoms with Crippen molar-refractivity contribution in [2.75, 3.05) is 5.32 Å². The van der Waals surface area contributed by atoms with Gasteiger partial charge in [-0.05, 0) is 23.5 Å². The van der Waals surface area contributed by atoms with E-state index >= 15 is 0 Å². The summed E-state index contributed by atoms with van der Waals surface area (Å²) < 4.78 is 0. The number of rotatable bonds is 3. The van der Waals surface area contributed by atoms with Gasteiger partial charge in [0.25, 0.3) is 0 Å². The van der Waals surface area contributed by atoms with Crippen molar-refractivity contribution in [3.63, 3.8) is 0 Å². The molecule has 16 heavy (non-hydrogen) atoms. The van der Waals surface area contributed by atoms with Crippen molar-refractivity contribution in [2.24, 2.45) is 11.3 Å². The first-order valence-electron chi connectivity index (χ1n) is 5.59. The second kappa shape index (κ2) is 5.10. The van der Waals surface area contributed by atoms with E-state index in [-0.39, 0.29) is 11.3 Å². The van der Waals surface area contributed by atoms with Crippen LogP contribution in [0.2, 0.25) is 0 Å². The molecule has 3 heteroatoms. The molecule has 0 saturated carbocycles. The van der Waals surface area contributed by atoms with Crippen LogP contribution in [-0.4, -0.2) is 10.9 Å². The minimum absolute atomic E-state index is 0.0513. The van der Waals surface area contributed by atoms with Crippen molar-refractivity contribution >= 4 is 11.6 Å². The Kier molecular flexibility index (Phi) is 4.05. The molecule has 1 rings (SSSR count). The lowest BCUT2D eigenvalue weighted by Gasteiger charge is -2.26. The lowest BCUT2D eigenvalue weighted by molar-refractivity contribution is -0.117. The topological polar surface area (TPSA) is 42.0 Å². The van der Waals surface area contributed by atoms with Gasteiger partial charge in [-0.3, -0.25) is 9.78 Å². The summed E-state index contributed by atoms with van der Waals surface area (Å²) in [4.78, 5) is 15.7. The number of pyridine rings is 1. The molecule has 0 aliphatic rings. The van der Waals surface area contributed by atoms with E-state index in [4.69, 9.17) is 0 Å². The van der Waals surface area contributed by atoms with E-state index < -0.39 is 0 Å². The van der Waals surface area contributed by atoms with Crippen LogP contribution >= 0.6 is 0 Å². The monoisotopic (exact) mass is 220 g/mol. The molecule has 3 nitrogen and oxygen atoms in total. The van der Waals surface area contributed by atoms with Gasteiger partial charge in [-0.1, -0.05) is 27.7 Å². The lowest BCUT2D eigenvalue weighted by Crippen LogP contribution is -2.23. The van der Waals surface area contributed by atoms with E-state index in [9.17, 15) is 4.79 Å². The van der Waals surface area contributed by atoms with Crippen molar-refractivity contribution in [1.29, 1.82) is 0 Å². The summed E-state index contributed by atoms with van der Waals surface area (Å²) in [5, 5.41) is 2.84. The molecule has 0 unspecified atom stereocenters. The number of nitrogens with one attached hydrogen (secondary N) is 1. The van der Waals surface area contributed by atoms with Gasteiger partial charge in [-0.25, -0.2) is 0 Å². The van der Waals surface area contributed by atoms with Crippen LogP contribution in [0.3, 0.4) is 0 Å². The predicted molar refractivity (Wildman–Crippen MR) is 66.1 cm³/mol. The Morgan fingerprint density at radius 1 is 1.50 bits per heavy atom. The van der Waals surface area contributed by atoms with E-state index in [1.165, 1.54) is 0 Å². The van der Waals surface area contributed by atoms with Crippen LogP contribution in [0.25, 0.3) is 0 Å². The quantitative estimate of drug-likeness (QED) is 0.850. The van der Waals surface area contributed by atoms with Crippen LogP contribution in [0, 0.1) is 11.3 Å². The number of amides is 1. The molecule has 0 spiro atoms. The summed E-state index contributed by atoms with van der Waals surface area (Å²) >= 11 is 0. The predicted octanol–water partition coefficient (Wildman–Crippen LogP) is 3.09. The second-order valence-electron chi connectivity index (χ2n) is 5.26. The van der Waals surface area contributed by atoms with E-state index in [2.05, 4.69) is 38.0 Å². The van der Waals surface area contributed by atoms with Crippen molar-refractivity contribution in [3.05, 3.63) is 24.5 Å². The van der Waals surface area contributed by atoms with E-state index in [0.717, 1.165) is 5.69 Å². The number of anilines is 1. The molecule has 0 saturated heterocycles. The number of hydrogen-bond acceptors (Lipinski definition) is 2. The van der Waals surface area contributed by atoms with Gasteiger partial charge in [0.2, 0.25) is 5.91 Å². The van der Waals surface area contributed by atoms with Gasteiger partial charge in [0.15, 0.2) is 0 Å². The molecule has 0 aromatic carbocycles. The summed E-state index contributed by atoms with van der Waals surface area (Å²) in [5.41, 5.74) is 0.917. The Balaban J connectivity index is 2.49. The van der Waals surface area contributed by atoms with Gasteiger partial charge >= 0.3 is 0 Å². The van der Waals surface area contributed by atoms with Gasteiger partial charge in [-0.2, -0.15) is 0 Å². The molecule has 88 valence electrons. The molecule has 1 aromatic rings. The first kappa shape index (κ1) is 12.7. The Hall–Kier alpha value is -1.38. The van der Waals surface area contributed by atoms with Crippen LogP contribution in [0.4, 0.5) is 5.69 Å². The first-order valence-corrected chi connectivity index (χ1v) is 5.59. The fourth-order valence-corrected chi connectivity index (χ4v) is 1.23.